The van der Waals surface area contributed by atoms with E-state index in [4.69, 9.17) is 5.39 Å². The number of rotatable bonds is 0. The zero-order chi connectivity index (χ0) is 7.68. The molecule has 1 aromatic heterocycles. The first-order valence-corrected chi connectivity index (χ1v) is 3.06. The third-order valence-electron chi connectivity index (χ3n) is 1.42. The molecule has 0 aliphatic carbocycles. The van der Waals surface area contributed by atoms with Crippen LogP contribution >= 0.6 is 0 Å². The van der Waals surface area contributed by atoms with Crippen molar-refractivity contribution in [3.8, 4) is 0 Å². The number of halogens is 1. The van der Waals surface area contributed by atoms with Gasteiger partial charge < -0.3 is 12.4 Å². The van der Waals surface area contributed by atoms with Gasteiger partial charge in [-0.2, -0.15) is 0 Å². The van der Waals surface area contributed by atoms with E-state index in [0.717, 1.165) is 5.52 Å². The van der Waals surface area contributed by atoms with Gasteiger partial charge in [0.05, 0.1) is 11.6 Å². The second kappa shape index (κ2) is 3.15. The lowest BCUT2D eigenvalue weighted by Crippen LogP contribution is -3.00. The minimum absolute atomic E-state index is 0. The lowest BCUT2D eigenvalue weighted by molar-refractivity contribution is -0.00000258. The SMILES string of the molecule is N#[N+]c1ccc2[nH]nnc2c1.[Cl-]. The molecule has 0 saturated heterocycles. The summed E-state index contributed by atoms with van der Waals surface area (Å²) in [5.74, 6) is 0. The Balaban J connectivity index is 0.000000720. The number of aromatic nitrogens is 3. The Morgan fingerprint density at radius 1 is 1.42 bits per heavy atom. The molecule has 2 aromatic rings. The average molecular weight is 182 g/mol. The highest BCUT2D eigenvalue weighted by molar-refractivity contribution is 5.77. The van der Waals surface area contributed by atoms with Crippen LogP contribution in [0.1, 0.15) is 0 Å². The van der Waals surface area contributed by atoms with E-state index in [1.54, 1.807) is 18.2 Å². The Kier molecular flexibility index (Phi) is 2.21. The molecule has 12 heavy (non-hydrogen) atoms. The number of benzene rings is 1. The van der Waals surface area contributed by atoms with Crippen molar-refractivity contribution in [3.63, 3.8) is 0 Å². The zero-order valence-corrected chi connectivity index (χ0v) is 6.65. The monoisotopic (exact) mass is 181 g/mol. The van der Waals surface area contributed by atoms with Gasteiger partial charge >= 0.3 is 5.69 Å². The fourth-order valence-corrected chi connectivity index (χ4v) is 0.892. The number of fused-ring (bicyclic) bond motifs is 1. The maximum absolute atomic E-state index is 8.40. The van der Waals surface area contributed by atoms with Crippen molar-refractivity contribution in [3.05, 3.63) is 23.2 Å². The molecule has 0 atom stereocenters. The molecule has 0 aliphatic rings. The normalized spacial score (nSPS) is 8.92. The van der Waals surface area contributed by atoms with Gasteiger partial charge in [0.2, 0.25) is 5.39 Å². The second-order valence-electron chi connectivity index (χ2n) is 2.11. The maximum atomic E-state index is 8.40. The fraction of sp³-hybridized carbons (Fsp3) is 0. The van der Waals surface area contributed by atoms with E-state index in [1.165, 1.54) is 0 Å². The van der Waals surface area contributed by atoms with Crippen LogP contribution in [0.25, 0.3) is 16.0 Å². The van der Waals surface area contributed by atoms with E-state index in [-0.39, 0.29) is 12.4 Å². The Morgan fingerprint density at radius 3 is 3.00 bits per heavy atom. The maximum Gasteiger partial charge on any atom is 0.387 e. The van der Waals surface area contributed by atoms with E-state index in [0.29, 0.717) is 11.2 Å². The third kappa shape index (κ3) is 1.20. The van der Waals surface area contributed by atoms with Gasteiger partial charge in [-0.1, -0.05) is 5.21 Å². The summed E-state index contributed by atoms with van der Waals surface area (Å²) in [4.78, 5) is 3.02. The summed E-state index contributed by atoms with van der Waals surface area (Å²) in [7, 11) is 0. The van der Waals surface area contributed by atoms with Gasteiger partial charge in [-0.25, -0.2) is 0 Å². The van der Waals surface area contributed by atoms with Gasteiger partial charge in [-0.05, 0) is 6.07 Å². The van der Waals surface area contributed by atoms with Crippen molar-refractivity contribution in [1.29, 1.82) is 5.39 Å². The summed E-state index contributed by atoms with van der Waals surface area (Å²) in [6, 6.07) is 5.06. The highest BCUT2D eigenvalue weighted by Gasteiger charge is 2.06. The summed E-state index contributed by atoms with van der Waals surface area (Å²) < 4.78 is 0. The molecule has 0 bridgehead atoms. The van der Waals surface area contributed by atoms with Gasteiger partial charge in [-0.3, -0.25) is 5.10 Å². The lowest BCUT2D eigenvalue weighted by atomic mass is 10.3. The minimum Gasteiger partial charge on any atom is -1.00 e. The molecular weight excluding hydrogens is 178 g/mol. The molecule has 1 aromatic carbocycles. The molecule has 2 rings (SSSR count). The van der Waals surface area contributed by atoms with Crippen molar-refractivity contribution >= 4 is 16.7 Å². The first-order chi connectivity index (χ1) is 5.40. The zero-order valence-electron chi connectivity index (χ0n) is 5.90. The summed E-state index contributed by atoms with van der Waals surface area (Å²) >= 11 is 0. The lowest BCUT2D eigenvalue weighted by Gasteiger charge is -1.78. The minimum atomic E-state index is 0. The van der Waals surface area contributed by atoms with E-state index in [9.17, 15) is 0 Å². The molecule has 0 fully saturated rings. The predicted octanol–water partition coefficient (Wildman–Crippen LogP) is -1.55. The highest BCUT2D eigenvalue weighted by atomic mass is 35.5. The molecule has 0 saturated carbocycles. The van der Waals surface area contributed by atoms with Crippen molar-refractivity contribution < 1.29 is 12.4 Å². The fourth-order valence-electron chi connectivity index (χ4n) is 0.892. The van der Waals surface area contributed by atoms with Crippen LogP contribution in [-0.2, 0) is 0 Å². The number of diazo groups is 1. The number of nitrogens with one attached hydrogen (secondary N) is 1. The molecule has 60 valence electrons. The number of hydrogen-bond acceptors (Lipinski definition) is 3. The molecule has 5 nitrogen and oxygen atoms in total. The molecule has 0 spiro atoms. The Labute approximate surface area is 73.8 Å². The van der Waals surface area contributed by atoms with Gasteiger partial charge in [-0.15, -0.1) is 5.10 Å². The highest BCUT2D eigenvalue weighted by Crippen LogP contribution is 2.16. The number of nitrogens with zero attached hydrogens (tertiary/aromatic N) is 4. The van der Waals surface area contributed by atoms with Crippen LogP contribution in [0.15, 0.2) is 18.2 Å². The molecular formula is C6H4ClN5. The summed E-state index contributed by atoms with van der Waals surface area (Å²) in [6.45, 7) is 0. The van der Waals surface area contributed by atoms with E-state index < -0.39 is 0 Å². The topological polar surface area (TPSA) is 69.7 Å². The van der Waals surface area contributed by atoms with E-state index in [1.807, 2.05) is 0 Å². The van der Waals surface area contributed by atoms with Crippen molar-refractivity contribution in [1.82, 2.24) is 15.4 Å². The first kappa shape index (κ1) is 8.43. The van der Waals surface area contributed by atoms with E-state index in [2.05, 4.69) is 20.4 Å². The summed E-state index contributed by atoms with van der Waals surface area (Å²) in [5.41, 5.74) is 2.00. The molecule has 0 radical (unpaired) electrons. The number of H-pyrrole nitrogens is 1. The molecule has 0 amide bonds. The van der Waals surface area contributed by atoms with Crippen molar-refractivity contribution in [2.24, 2.45) is 0 Å². The molecule has 0 unspecified atom stereocenters. The van der Waals surface area contributed by atoms with Gasteiger partial charge in [0, 0.05) is 6.07 Å². The summed E-state index contributed by atoms with van der Waals surface area (Å²) in [5, 5.41) is 18.4. The quantitative estimate of drug-likeness (QED) is 0.500. The van der Waals surface area contributed by atoms with Gasteiger partial charge in [0.1, 0.15) is 5.52 Å². The van der Waals surface area contributed by atoms with E-state index >= 15 is 0 Å². The van der Waals surface area contributed by atoms with Crippen LogP contribution in [0, 0.1) is 5.39 Å². The third-order valence-corrected chi connectivity index (χ3v) is 1.42. The molecule has 0 aliphatic heterocycles. The summed E-state index contributed by atoms with van der Waals surface area (Å²) in [6.07, 6.45) is 0. The molecule has 1 heterocycles. The van der Waals surface area contributed by atoms with Crippen LogP contribution in [0.3, 0.4) is 0 Å². The van der Waals surface area contributed by atoms with Crippen LogP contribution < -0.4 is 12.4 Å². The van der Waals surface area contributed by atoms with Crippen LogP contribution in [0.4, 0.5) is 5.69 Å². The van der Waals surface area contributed by atoms with Crippen molar-refractivity contribution in [2.75, 3.05) is 0 Å². The van der Waals surface area contributed by atoms with Crippen LogP contribution in [0.2, 0.25) is 0 Å². The molecule has 1 N–H and O–H groups in total. The second-order valence-corrected chi connectivity index (χ2v) is 2.11. The van der Waals surface area contributed by atoms with Gasteiger partial charge in [0.15, 0.2) is 4.98 Å². The Morgan fingerprint density at radius 2 is 2.25 bits per heavy atom. The smallest absolute Gasteiger partial charge is 0.387 e. The first-order valence-electron chi connectivity index (χ1n) is 3.06. The predicted molar refractivity (Wildman–Crippen MR) is 38.6 cm³/mol. The number of hydrogen-bond donors (Lipinski definition) is 1. The Hall–Kier alpha value is -1.67. The largest absolute Gasteiger partial charge is 1.00 e. The van der Waals surface area contributed by atoms with Crippen LogP contribution in [0.5, 0.6) is 0 Å². The van der Waals surface area contributed by atoms with Gasteiger partial charge in [0.25, 0.3) is 0 Å². The Bertz CT molecular complexity index is 429. The van der Waals surface area contributed by atoms with Crippen LogP contribution in [-0.4, -0.2) is 15.4 Å². The average Bonchev–Trinajstić information content (AvgIpc) is 2.50. The standard InChI is InChI=1S/C6H4N5.ClH/c7-8-4-1-2-5-6(3-4)10-11-9-5;/h1-3H,(H,9,10,11);1H/q+1;/p-1. The molecule has 6 heteroatoms. The number of aromatic amines is 1. The van der Waals surface area contributed by atoms with Crippen molar-refractivity contribution in [2.45, 2.75) is 0 Å².